The second kappa shape index (κ2) is 4.10. The summed E-state index contributed by atoms with van der Waals surface area (Å²) in [7, 11) is 0. The molecule has 0 spiro atoms. The van der Waals surface area contributed by atoms with Gasteiger partial charge in [0.1, 0.15) is 0 Å². The Balaban J connectivity index is 3.19. The van der Waals surface area contributed by atoms with Gasteiger partial charge in [0.2, 0.25) is 0 Å². The molecule has 0 amide bonds. The lowest BCUT2D eigenvalue weighted by Crippen LogP contribution is -2.05. The molecule has 4 N–H and O–H groups in total. The Hall–Kier alpha value is -0.280. The summed E-state index contributed by atoms with van der Waals surface area (Å²) in [5.74, 6) is 0. The van der Waals surface area contributed by atoms with Crippen LogP contribution in [0, 0.1) is 0 Å². The first-order valence-corrected chi connectivity index (χ1v) is 4.31. The van der Waals surface area contributed by atoms with E-state index in [1.165, 1.54) is 0 Å². The predicted octanol–water partition coefficient (Wildman–Crippen LogP) is 1.91. The molecular weight excluding hydrogens is 195 g/mol. The first-order valence-electron chi connectivity index (χ1n) is 3.56. The second-order valence-electron chi connectivity index (χ2n) is 2.44. The van der Waals surface area contributed by atoms with Crippen molar-refractivity contribution >= 4 is 23.2 Å². The zero-order valence-corrected chi connectivity index (χ0v) is 7.99. The molecule has 12 heavy (non-hydrogen) atoms. The smallest absolute Gasteiger partial charge is 0.0595 e. The first-order chi connectivity index (χ1) is 5.69. The van der Waals surface area contributed by atoms with Crippen LogP contribution < -0.4 is 11.5 Å². The van der Waals surface area contributed by atoms with Crippen molar-refractivity contribution in [2.45, 2.75) is 13.1 Å². The van der Waals surface area contributed by atoms with E-state index in [1.807, 2.05) is 0 Å². The van der Waals surface area contributed by atoms with E-state index in [9.17, 15) is 0 Å². The maximum Gasteiger partial charge on any atom is 0.0595 e. The highest BCUT2D eigenvalue weighted by Crippen LogP contribution is 2.25. The highest BCUT2D eigenvalue weighted by atomic mass is 35.5. The highest BCUT2D eigenvalue weighted by Gasteiger charge is 2.04. The largest absolute Gasteiger partial charge is 0.326 e. The van der Waals surface area contributed by atoms with Crippen LogP contribution in [0.25, 0.3) is 0 Å². The van der Waals surface area contributed by atoms with Crippen molar-refractivity contribution in [3.05, 3.63) is 33.3 Å². The van der Waals surface area contributed by atoms with Crippen molar-refractivity contribution in [2.24, 2.45) is 11.5 Å². The Morgan fingerprint density at radius 2 is 1.25 bits per heavy atom. The molecule has 0 radical (unpaired) electrons. The standard InChI is InChI=1S/C8H10Cl2N2/c9-7-1-5(3-11)6(4-12)2-8(7)10/h1-2H,3-4,11-12H2. The molecule has 0 saturated heterocycles. The fourth-order valence-electron chi connectivity index (χ4n) is 1.01. The average molecular weight is 205 g/mol. The van der Waals surface area contributed by atoms with Crippen LogP contribution in [0.15, 0.2) is 12.1 Å². The van der Waals surface area contributed by atoms with Crippen molar-refractivity contribution in [1.82, 2.24) is 0 Å². The maximum atomic E-state index is 5.79. The van der Waals surface area contributed by atoms with Crippen LogP contribution in [0.5, 0.6) is 0 Å². The summed E-state index contributed by atoms with van der Waals surface area (Å²) in [5.41, 5.74) is 12.9. The minimum atomic E-state index is 0.434. The third-order valence-electron chi connectivity index (χ3n) is 1.68. The maximum absolute atomic E-state index is 5.79. The van der Waals surface area contributed by atoms with Crippen LogP contribution in [0.1, 0.15) is 11.1 Å². The van der Waals surface area contributed by atoms with Crippen LogP contribution in [0.3, 0.4) is 0 Å². The Labute approximate surface area is 81.4 Å². The molecule has 0 aliphatic carbocycles. The summed E-state index contributed by atoms with van der Waals surface area (Å²) in [6, 6.07) is 3.51. The van der Waals surface area contributed by atoms with Crippen LogP contribution in [0.4, 0.5) is 0 Å². The Kier molecular flexibility index (Phi) is 3.35. The lowest BCUT2D eigenvalue weighted by molar-refractivity contribution is 0.980. The minimum absolute atomic E-state index is 0.434. The molecule has 0 aromatic heterocycles. The van der Waals surface area contributed by atoms with E-state index in [2.05, 4.69) is 0 Å². The molecule has 0 saturated carbocycles. The van der Waals surface area contributed by atoms with Gasteiger partial charge in [0.15, 0.2) is 0 Å². The molecule has 0 atom stereocenters. The van der Waals surface area contributed by atoms with E-state index in [0.717, 1.165) is 11.1 Å². The van der Waals surface area contributed by atoms with Crippen molar-refractivity contribution in [3.8, 4) is 0 Å². The Morgan fingerprint density at radius 3 is 1.50 bits per heavy atom. The molecular formula is C8H10Cl2N2. The molecule has 66 valence electrons. The lowest BCUT2D eigenvalue weighted by atomic mass is 10.1. The van der Waals surface area contributed by atoms with Gasteiger partial charge in [0.25, 0.3) is 0 Å². The average Bonchev–Trinajstić information content (AvgIpc) is 2.09. The van der Waals surface area contributed by atoms with Gasteiger partial charge in [-0.15, -0.1) is 0 Å². The predicted molar refractivity (Wildman–Crippen MR) is 52.2 cm³/mol. The van der Waals surface area contributed by atoms with Gasteiger partial charge in [0, 0.05) is 13.1 Å². The first kappa shape index (κ1) is 9.81. The molecule has 1 aromatic rings. The molecule has 0 aliphatic heterocycles. The molecule has 0 heterocycles. The van der Waals surface area contributed by atoms with E-state index in [0.29, 0.717) is 23.1 Å². The van der Waals surface area contributed by atoms with Crippen molar-refractivity contribution in [2.75, 3.05) is 0 Å². The Bertz CT molecular complexity index is 258. The van der Waals surface area contributed by atoms with Gasteiger partial charge in [0.05, 0.1) is 10.0 Å². The van der Waals surface area contributed by atoms with Crippen LogP contribution in [-0.4, -0.2) is 0 Å². The lowest BCUT2D eigenvalue weighted by Gasteiger charge is -2.06. The molecule has 0 unspecified atom stereocenters. The van der Waals surface area contributed by atoms with Crippen LogP contribution in [0.2, 0.25) is 10.0 Å². The van der Waals surface area contributed by atoms with Gasteiger partial charge < -0.3 is 11.5 Å². The monoisotopic (exact) mass is 204 g/mol. The van der Waals surface area contributed by atoms with Crippen molar-refractivity contribution in [1.29, 1.82) is 0 Å². The van der Waals surface area contributed by atoms with Crippen molar-refractivity contribution < 1.29 is 0 Å². The van der Waals surface area contributed by atoms with Gasteiger partial charge in [-0.25, -0.2) is 0 Å². The summed E-state index contributed by atoms with van der Waals surface area (Å²) in [4.78, 5) is 0. The van der Waals surface area contributed by atoms with Crippen molar-refractivity contribution in [3.63, 3.8) is 0 Å². The normalized spacial score (nSPS) is 10.3. The van der Waals surface area contributed by atoms with E-state index >= 15 is 0 Å². The van der Waals surface area contributed by atoms with E-state index < -0.39 is 0 Å². The number of benzene rings is 1. The molecule has 4 heteroatoms. The third-order valence-corrected chi connectivity index (χ3v) is 2.40. The number of halogens is 2. The quantitative estimate of drug-likeness (QED) is 0.774. The molecule has 1 rings (SSSR count). The second-order valence-corrected chi connectivity index (χ2v) is 3.26. The van der Waals surface area contributed by atoms with E-state index in [1.54, 1.807) is 12.1 Å². The van der Waals surface area contributed by atoms with E-state index in [4.69, 9.17) is 34.7 Å². The summed E-state index contributed by atoms with van der Waals surface area (Å²) < 4.78 is 0. The molecule has 0 aliphatic rings. The summed E-state index contributed by atoms with van der Waals surface area (Å²) in [5, 5.41) is 1.05. The topological polar surface area (TPSA) is 52.0 Å². The molecule has 0 fully saturated rings. The summed E-state index contributed by atoms with van der Waals surface area (Å²) in [6.45, 7) is 0.868. The fourth-order valence-corrected chi connectivity index (χ4v) is 1.38. The molecule has 0 bridgehead atoms. The van der Waals surface area contributed by atoms with Crippen LogP contribution >= 0.6 is 23.2 Å². The zero-order chi connectivity index (χ0) is 9.14. The summed E-state index contributed by atoms with van der Waals surface area (Å²) >= 11 is 11.6. The Morgan fingerprint density at radius 1 is 0.917 bits per heavy atom. The SMILES string of the molecule is NCc1cc(Cl)c(Cl)cc1CN. The fraction of sp³-hybridized carbons (Fsp3) is 0.250. The number of rotatable bonds is 2. The highest BCUT2D eigenvalue weighted by molar-refractivity contribution is 6.42. The van der Waals surface area contributed by atoms with Crippen LogP contribution in [-0.2, 0) is 13.1 Å². The number of hydrogen-bond acceptors (Lipinski definition) is 2. The van der Waals surface area contributed by atoms with E-state index in [-0.39, 0.29) is 0 Å². The summed E-state index contributed by atoms with van der Waals surface area (Å²) in [6.07, 6.45) is 0. The van der Waals surface area contributed by atoms with Gasteiger partial charge in [-0.05, 0) is 23.3 Å². The van der Waals surface area contributed by atoms with Gasteiger partial charge in [-0.1, -0.05) is 23.2 Å². The van der Waals surface area contributed by atoms with Gasteiger partial charge >= 0.3 is 0 Å². The van der Waals surface area contributed by atoms with Gasteiger partial charge in [-0.2, -0.15) is 0 Å². The molecule has 1 aromatic carbocycles. The molecule has 2 nitrogen and oxygen atoms in total. The minimum Gasteiger partial charge on any atom is -0.326 e. The third kappa shape index (κ3) is 1.90. The van der Waals surface area contributed by atoms with Gasteiger partial charge in [-0.3, -0.25) is 0 Å². The number of hydrogen-bond donors (Lipinski definition) is 2. The zero-order valence-electron chi connectivity index (χ0n) is 6.48. The number of nitrogens with two attached hydrogens (primary N) is 2.